The van der Waals surface area contributed by atoms with Gasteiger partial charge in [0.25, 0.3) is 5.91 Å². The number of halogens is 3. The molecule has 2 aromatic rings. The minimum Gasteiger partial charge on any atom is -0.415 e. The Morgan fingerprint density at radius 1 is 1.26 bits per heavy atom. The molecule has 0 radical (unpaired) electrons. The second kappa shape index (κ2) is 8.39. The van der Waals surface area contributed by atoms with E-state index in [4.69, 9.17) is 21.1 Å². The second-order valence-corrected chi connectivity index (χ2v) is 9.39. The number of hydrogen-bond donors (Lipinski definition) is 5. The minimum absolute atomic E-state index is 0.348. The first-order chi connectivity index (χ1) is 15.5. The second-order valence-electron chi connectivity index (χ2n) is 7.39. The Labute approximate surface area is 190 Å². The number of anilines is 1. The van der Waals surface area contributed by atoms with E-state index < -0.39 is 73.7 Å². The van der Waals surface area contributed by atoms with E-state index in [1.165, 1.54) is 0 Å². The monoisotopic (exact) mass is 505 g/mol. The summed E-state index contributed by atoms with van der Waals surface area (Å²) in [5, 5.41) is 28.3. The normalized spacial score (nSPS) is 20.0. The lowest BCUT2D eigenvalue weighted by Crippen LogP contribution is -2.50. The highest BCUT2D eigenvalue weighted by Crippen LogP contribution is 2.38. The third-order valence-electron chi connectivity index (χ3n) is 4.73. The van der Waals surface area contributed by atoms with Crippen LogP contribution in [-0.2, 0) is 15.6 Å². The Kier molecular flexibility index (Phi) is 6.21. The van der Waals surface area contributed by atoms with Gasteiger partial charge in [-0.15, -0.1) is 0 Å². The fourth-order valence-electron chi connectivity index (χ4n) is 3.17. The largest absolute Gasteiger partial charge is 0.453 e. The number of aromatic nitrogens is 1. The highest BCUT2D eigenvalue weighted by atomic mass is 32.2. The number of guanidine groups is 1. The Hall–Kier alpha value is -3.47. The predicted octanol–water partition coefficient (Wildman–Crippen LogP) is -0.477. The summed E-state index contributed by atoms with van der Waals surface area (Å²) in [4.78, 5) is 19.9. The molecule has 1 aromatic carbocycles. The van der Waals surface area contributed by atoms with E-state index in [1.807, 2.05) is 5.32 Å². The van der Waals surface area contributed by atoms with Crippen molar-refractivity contribution in [1.82, 2.24) is 9.29 Å². The van der Waals surface area contributed by atoms with Gasteiger partial charge in [-0.1, -0.05) is 0 Å². The van der Waals surface area contributed by atoms with Gasteiger partial charge in [0.05, 0.1) is 23.2 Å². The number of nitrogens with one attached hydrogen (secondary N) is 1. The Balaban J connectivity index is 1.99. The molecule has 12 nitrogen and oxygen atoms in total. The number of nitrogens with two attached hydrogens (primary N) is 1. The van der Waals surface area contributed by atoms with Gasteiger partial charge >= 0.3 is 6.16 Å². The van der Waals surface area contributed by atoms with E-state index in [1.54, 1.807) is 0 Å². The van der Waals surface area contributed by atoms with Crippen LogP contribution in [0, 0.1) is 17.5 Å². The highest BCUT2D eigenvalue weighted by molar-refractivity contribution is 7.89. The number of hydrogen-bond acceptors (Lipinski definition) is 10. The van der Waals surface area contributed by atoms with Crippen molar-refractivity contribution >= 4 is 27.6 Å². The summed E-state index contributed by atoms with van der Waals surface area (Å²) in [6.07, 6.45) is -2.69. The van der Waals surface area contributed by atoms with Gasteiger partial charge in [0, 0.05) is 13.1 Å². The number of rotatable bonds is 5. The maximum absolute atomic E-state index is 15.3. The molecule has 34 heavy (non-hydrogen) atoms. The molecule has 1 aliphatic rings. The molecule has 3 rings (SSSR count). The van der Waals surface area contributed by atoms with Crippen LogP contribution in [0.15, 0.2) is 29.4 Å². The zero-order valence-corrected chi connectivity index (χ0v) is 18.3. The van der Waals surface area contributed by atoms with E-state index in [2.05, 4.69) is 14.7 Å². The standard InChI is InChI=1S/C18H18F3N5O7S/c1-17(7-34(31,32)26(2)16(22)25-17)12-13(20)9(19)5-11(14(12)21)24-15(27)10-4-3-8(6-23-10)33-18(28,29)30/h3-6,28-30H,7H2,1-2H3,(H2,22,25)(H,24,27)/t17-/m0/s1. The van der Waals surface area contributed by atoms with Crippen LogP contribution in [0.2, 0.25) is 0 Å². The van der Waals surface area contributed by atoms with Gasteiger partial charge in [-0.3, -0.25) is 4.79 Å². The third-order valence-corrected chi connectivity index (χ3v) is 6.68. The van der Waals surface area contributed by atoms with E-state index in [9.17, 15) is 22.0 Å². The van der Waals surface area contributed by atoms with E-state index in [-0.39, 0.29) is 5.75 Å². The molecular formula is C18H18F3N5O7S. The number of nitrogens with zero attached hydrogens (tertiary/aromatic N) is 3. The lowest BCUT2D eigenvalue weighted by atomic mass is 9.92. The van der Waals surface area contributed by atoms with Crippen molar-refractivity contribution in [2.24, 2.45) is 10.7 Å². The van der Waals surface area contributed by atoms with Crippen molar-refractivity contribution in [3.8, 4) is 5.75 Å². The summed E-state index contributed by atoms with van der Waals surface area (Å²) < 4.78 is 73.8. The van der Waals surface area contributed by atoms with E-state index >= 15 is 4.39 Å². The number of carbonyl (C=O) groups excluding carboxylic acids is 1. The quantitative estimate of drug-likeness (QED) is 0.264. The zero-order chi connectivity index (χ0) is 25.6. The molecule has 2 heterocycles. The molecule has 0 aliphatic carbocycles. The minimum atomic E-state index is -4.15. The van der Waals surface area contributed by atoms with Crippen LogP contribution >= 0.6 is 0 Å². The van der Waals surface area contributed by atoms with Gasteiger partial charge in [0.15, 0.2) is 17.5 Å². The number of pyridine rings is 1. The van der Waals surface area contributed by atoms with Gasteiger partial charge in [0.2, 0.25) is 16.0 Å². The predicted molar refractivity (Wildman–Crippen MR) is 109 cm³/mol. The molecule has 0 saturated carbocycles. The molecule has 6 N–H and O–H groups in total. The summed E-state index contributed by atoms with van der Waals surface area (Å²) in [6, 6.07) is 2.32. The molecular weight excluding hydrogens is 487 g/mol. The smallest absolute Gasteiger partial charge is 0.415 e. The first-order valence-corrected chi connectivity index (χ1v) is 10.8. The van der Waals surface area contributed by atoms with Gasteiger partial charge in [-0.25, -0.2) is 35.9 Å². The number of aliphatic imine (C=N–C) groups is 1. The van der Waals surface area contributed by atoms with Crippen LogP contribution in [0.5, 0.6) is 5.75 Å². The number of carbonyl (C=O) groups is 1. The van der Waals surface area contributed by atoms with E-state index in [0.29, 0.717) is 10.4 Å². The SMILES string of the molecule is CN1C(N)=N[C@](C)(c2c(F)c(F)cc(NC(=O)c3ccc(OC(O)(O)O)cn3)c2F)CS1(=O)=O. The molecule has 1 atom stereocenters. The Morgan fingerprint density at radius 3 is 2.44 bits per heavy atom. The maximum Gasteiger partial charge on any atom is 0.453 e. The number of amides is 1. The molecule has 1 amide bonds. The summed E-state index contributed by atoms with van der Waals surface area (Å²) in [6.45, 7) is 1.04. The van der Waals surface area contributed by atoms with Gasteiger partial charge in [-0.2, -0.15) is 0 Å². The van der Waals surface area contributed by atoms with Crippen LogP contribution in [0.1, 0.15) is 23.0 Å². The van der Waals surface area contributed by atoms with E-state index in [0.717, 1.165) is 32.3 Å². The average Bonchev–Trinajstić information content (AvgIpc) is 2.69. The number of ether oxygens (including phenoxy) is 1. The van der Waals surface area contributed by atoms with Crippen LogP contribution < -0.4 is 15.8 Å². The molecule has 1 aromatic heterocycles. The van der Waals surface area contributed by atoms with Crippen molar-refractivity contribution in [2.75, 3.05) is 18.1 Å². The fourth-order valence-corrected chi connectivity index (χ4v) is 4.60. The van der Waals surface area contributed by atoms with Crippen molar-refractivity contribution in [1.29, 1.82) is 0 Å². The first kappa shape index (κ1) is 25.2. The molecule has 0 fully saturated rings. The molecule has 0 saturated heterocycles. The van der Waals surface area contributed by atoms with Crippen LogP contribution in [0.25, 0.3) is 0 Å². The van der Waals surface area contributed by atoms with Gasteiger partial charge < -0.3 is 31.1 Å². The van der Waals surface area contributed by atoms with Crippen molar-refractivity contribution in [2.45, 2.75) is 18.6 Å². The first-order valence-electron chi connectivity index (χ1n) is 9.17. The molecule has 16 heteroatoms. The summed E-state index contributed by atoms with van der Waals surface area (Å²) >= 11 is 0. The number of aliphatic hydroxyl groups is 3. The Morgan fingerprint density at radius 2 is 1.91 bits per heavy atom. The number of benzene rings is 1. The zero-order valence-electron chi connectivity index (χ0n) is 17.5. The Bertz CT molecular complexity index is 1280. The molecule has 0 bridgehead atoms. The summed E-state index contributed by atoms with van der Waals surface area (Å²) in [5.74, 6) is -7.78. The van der Waals surface area contributed by atoms with Crippen molar-refractivity contribution in [3.05, 3.63) is 53.1 Å². The maximum atomic E-state index is 15.3. The molecule has 0 spiro atoms. The van der Waals surface area contributed by atoms with Crippen molar-refractivity contribution in [3.63, 3.8) is 0 Å². The summed E-state index contributed by atoms with van der Waals surface area (Å²) in [7, 11) is -3.06. The van der Waals surface area contributed by atoms with Gasteiger partial charge in [0.1, 0.15) is 17.0 Å². The third kappa shape index (κ3) is 4.89. The van der Waals surface area contributed by atoms with Crippen LogP contribution in [0.4, 0.5) is 18.9 Å². The van der Waals surface area contributed by atoms with Crippen molar-refractivity contribution < 1.29 is 46.4 Å². The average molecular weight is 505 g/mol. The molecule has 0 unspecified atom stereocenters. The molecule has 1 aliphatic heterocycles. The van der Waals surface area contributed by atoms with Crippen LogP contribution in [-0.4, -0.2) is 63.9 Å². The lowest BCUT2D eigenvalue weighted by Gasteiger charge is -2.35. The molecule has 184 valence electrons. The van der Waals surface area contributed by atoms with Crippen LogP contribution in [0.3, 0.4) is 0 Å². The topological polar surface area (TPSA) is 188 Å². The van der Waals surface area contributed by atoms with Gasteiger partial charge in [-0.05, 0) is 19.1 Å². The number of sulfonamides is 1. The fraction of sp³-hybridized carbons (Fsp3) is 0.278. The highest BCUT2D eigenvalue weighted by Gasteiger charge is 2.44. The summed E-state index contributed by atoms with van der Waals surface area (Å²) in [5.41, 5.74) is 1.11. The lowest BCUT2D eigenvalue weighted by molar-refractivity contribution is -0.419.